The van der Waals surface area contributed by atoms with E-state index in [9.17, 15) is 4.79 Å². The van der Waals surface area contributed by atoms with Crippen LogP contribution < -0.4 is 0 Å². The molecular weight excluding hydrogens is 466 g/mol. The van der Waals surface area contributed by atoms with E-state index in [2.05, 4.69) is 53.2 Å². The van der Waals surface area contributed by atoms with Crippen molar-refractivity contribution >= 4 is 17.0 Å². The first-order valence-corrected chi connectivity index (χ1v) is 13.1. The summed E-state index contributed by atoms with van der Waals surface area (Å²) in [5, 5.41) is 13.3. The topological polar surface area (TPSA) is 90.4 Å². The van der Waals surface area contributed by atoms with Crippen molar-refractivity contribution in [2.24, 2.45) is 11.3 Å². The lowest BCUT2D eigenvalue weighted by Crippen LogP contribution is -2.30. The fourth-order valence-electron chi connectivity index (χ4n) is 5.99. The number of hydrogen-bond donors (Lipinski definition) is 1. The summed E-state index contributed by atoms with van der Waals surface area (Å²) < 4.78 is 13.5. The predicted octanol–water partition coefficient (Wildman–Crippen LogP) is 6.37. The lowest BCUT2D eigenvalue weighted by molar-refractivity contribution is -0.137. The van der Waals surface area contributed by atoms with Crippen LogP contribution >= 0.6 is 0 Å². The Kier molecular flexibility index (Phi) is 5.91. The van der Waals surface area contributed by atoms with Crippen molar-refractivity contribution in [2.75, 3.05) is 13.2 Å². The van der Waals surface area contributed by atoms with E-state index in [0.717, 1.165) is 83.8 Å². The van der Waals surface area contributed by atoms with E-state index in [1.807, 2.05) is 20.0 Å². The maximum absolute atomic E-state index is 11.1. The summed E-state index contributed by atoms with van der Waals surface area (Å²) in [6.07, 6.45) is 7.45. The van der Waals surface area contributed by atoms with Gasteiger partial charge in [0.1, 0.15) is 5.76 Å². The van der Waals surface area contributed by atoms with Crippen molar-refractivity contribution in [2.45, 2.75) is 58.9 Å². The number of hydrogen-bond acceptors (Lipinski definition) is 5. The number of rotatable bonds is 7. The van der Waals surface area contributed by atoms with Crippen LogP contribution in [0.1, 0.15) is 55.5 Å². The minimum Gasteiger partial charge on any atom is -0.481 e. The number of carbonyl (C=O) groups is 1. The summed E-state index contributed by atoms with van der Waals surface area (Å²) in [4.78, 5) is 16.0. The van der Waals surface area contributed by atoms with Crippen LogP contribution in [0.4, 0.5) is 0 Å². The molecule has 2 fully saturated rings. The van der Waals surface area contributed by atoms with E-state index >= 15 is 0 Å². The first-order valence-electron chi connectivity index (χ1n) is 13.1. The normalized spacial score (nSPS) is 20.8. The van der Waals surface area contributed by atoms with Gasteiger partial charge in [0.2, 0.25) is 0 Å². The van der Waals surface area contributed by atoms with Gasteiger partial charge in [-0.15, -0.1) is 0 Å². The monoisotopic (exact) mass is 499 g/mol. The zero-order chi connectivity index (χ0) is 25.7. The van der Waals surface area contributed by atoms with Gasteiger partial charge >= 0.3 is 5.97 Å². The van der Waals surface area contributed by atoms with Crippen LogP contribution in [0.5, 0.6) is 0 Å². The standard InChI is InChI=1S/C30H33N3O4/c1-18-28(19(2)37-32-18)23-13-26-29(31-15-23)25(16-33(26)17-30(3)8-10-36-11-9-30)21-6-4-20(5-7-21)24-12-22(24)14-27(34)35/h4-7,13,15-16,22,24H,8-12,14,17H2,1-3H3,(H,34,35). The first kappa shape index (κ1) is 23.9. The fraction of sp³-hybridized carbons (Fsp3) is 0.433. The molecule has 192 valence electrons. The number of carboxylic acids is 1. The van der Waals surface area contributed by atoms with E-state index in [-0.39, 0.29) is 17.8 Å². The maximum atomic E-state index is 11.1. The molecule has 1 saturated carbocycles. The molecule has 2 unspecified atom stereocenters. The molecule has 2 atom stereocenters. The van der Waals surface area contributed by atoms with Crippen LogP contribution in [0.3, 0.4) is 0 Å². The van der Waals surface area contributed by atoms with Crippen LogP contribution in [0, 0.1) is 25.2 Å². The molecule has 37 heavy (non-hydrogen) atoms. The number of aromatic nitrogens is 3. The minimum atomic E-state index is -0.711. The van der Waals surface area contributed by atoms with Crippen LogP contribution in [-0.2, 0) is 16.1 Å². The fourth-order valence-corrected chi connectivity index (χ4v) is 5.99. The average molecular weight is 500 g/mol. The number of ether oxygens (including phenoxy) is 1. The van der Waals surface area contributed by atoms with Crippen LogP contribution in [0.25, 0.3) is 33.3 Å². The Labute approximate surface area is 216 Å². The number of aryl methyl sites for hydroxylation is 2. The first-order chi connectivity index (χ1) is 17.8. The van der Waals surface area contributed by atoms with Gasteiger partial charge < -0.3 is 18.9 Å². The Balaban J connectivity index is 1.39. The molecule has 7 nitrogen and oxygen atoms in total. The number of carboxylic acid groups (broad SMARTS) is 1. The number of nitrogens with zero attached hydrogens (tertiary/aromatic N) is 3. The summed E-state index contributed by atoms with van der Waals surface area (Å²) in [6.45, 7) is 8.76. The number of aliphatic carboxylic acids is 1. The molecule has 0 radical (unpaired) electrons. The van der Waals surface area contributed by atoms with E-state index in [0.29, 0.717) is 5.92 Å². The van der Waals surface area contributed by atoms with Crippen molar-refractivity contribution in [1.82, 2.24) is 14.7 Å². The zero-order valence-electron chi connectivity index (χ0n) is 21.7. The van der Waals surface area contributed by atoms with Gasteiger partial charge in [-0.1, -0.05) is 36.3 Å². The van der Waals surface area contributed by atoms with E-state index in [1.54, 1.807) is 0 Å². The van der Waals surface area contributed by atoms with Crippen LogP contribution in [-0.4, -0.2) is 39.0 Å². The van der Waals surface area contributed by atoms with Gasteiger partial charge in [-0.2, -0.15) is 0 Å². The molecule has 1 aromatic carbocycles. The molecule has 6 rings (SSSR count). The number of fused-ring (bicyclic) bond motifs is 1. The summed E-state index contributed by atoms with van der Waals surface area (Å²) in [5.41, 5.74) is 8.59. The minimum absolute atomic E-state index is 0.162. The lowest BCUT2D eigenvalue weighted by Gasteiger charge is -2.34. The van der Waals surface area contributed by atoms with Crippen LogP contribution in [0.2, 0.25) is 0 Å². The van der Waals surface area contributed by atoms with Gasteiger partial charge in [0.05, 0.1) is 16.7 Å². The highest BCUT2D eigenvalue weighted by atomic mass is 16.5. The zero-order valence-corrected chi connectivity index (χ0v) is 21.7. The summed E-state index contributed by atoms with van der Waals surface area (Å²) in [6, 6.07) is 10.8. The second-order valence-electron chi connectivity index (χ2n) is 11.2. The van der Waals surface area contributed by atoms with Crippen molar-refractivity contribution in [3.8, 4) is 22.3 Å². The van der Waals surface area contributed by atoms with E-state index < -0.39 is 5.97 Å². The van der Waals surface area contributed by atoms with Gasteiger partial charge in [0.15, 0.2) is 0 Å². The molecule has 4 aromatic rings. The number of pyridine rings is 1. The third-order valence-electron chi connectivity index (χ3n) is 8.30. The lowest BCUT2D eigenvalue weighted by atomic mass is 9.82. The Morgan fingerprint density at radius 1 is 1.16 bits per heavy atom. The SMILES string of the molecule is Cc1noc(C)c1-c1cnc2c(-c3ccc(C4CC4CC(=O)O)cc3)cn(CC3(C)CCOCC3)c2c1. The highest BCUT2D eigenvalue weighted by Crippen LogP contribution is 2.50. The molecule has 0 bridgehead atoms. The molecule has 1 N–H and O–H groups in total. The van der Waals surface area contributed by atoms with Gasteiger partial charge in [-0.05, 0) is 67.6 Å². The predicted molar refractivity (Wildman–Crippen MR) is 141 cm³/mol. The van der Waals surface area contributed by atoms with E-state index in [4.69, 9.17) is 19.4 Å². The molecule has 2 aliphatic rings. The van der Waals surface area contributed by atoms with Crippen LogP contribution in [0.15, 0.2) is 47.2 Å². The van der Waals surface area contributed by atoms with Crippen molar-refractivity contribution in [3.63, 3.8) is 0 Å². The summed E-state index contributed by atoms with van der Waals surface area (Å²) in [5.74, 6) is 0.702. The molecule has 3 aromatic heterocycles. The summed E-state index contributed by atoms with van der Waals surface area (Å²) >= 11 is 0. The van der Waals surface area contributed by atoms with Crippen molar-refractivity contribution in [1.29, 1.82) is 0 Å². The van der Waals surface area contributed by atoms with E-state index in [1.165, 1.54) is 5.56 Å². The molecule has 4 heterocycles. The summed E-state index contributed by atoms with van der Waals surface area (Å²) in [7, 11) is 0. The molecule has 1 saturated heterocycles. The third kappa shape index (κ3) is 4.57. The van der Waals surface area contributed by atoms with Gasteiger partial charge in [0, 0.05) is 55.3 Å². The molecule has 0 spiro atoms. The molecule has 1 aliphatic carbocycles. The van der Waals surface area contributed by atoms with Crippen molar-refractivity contribution < 1.29 is 19.2 Å². The Morgan fingerprint density at radius 2 is 1.92 bits per heavy atom. The Hall–Kier alpha value is -3.45. The smallest absolute Gasteiger partial charge is 0.303 e. The second-order valence-corrected chi connectivity index (χ2v) is 11.2. The number of benzene rings is 1. The molecule has 1 aliphatic heterocycles. The maximum Gasteiger partial charge on any atom is 0.303 e. The largest absolute Gasteiger partial charge is 0.481 e. The Bertz CT molecular complexity index is 1440. The molecular formula is C30H33N3O4. The average Bonchev–Trinajstić information content (AvgIpc) is 3.43. The van der Waals surface area contributed by atoms with Gasteiger partial charge in [-0.3, -0.25) is 9.78 Å². The Morgan fingerprint density at radius 3 is 2.59 bits per heavy atom. The molecule has 0 amide bonds. The highest BCUT2D eigenvalue weighted by molar-refractivity contribution is 5.95. The van der Waals surface area contributed by atoms with Gasteiger partial charge in [0.25, 0.3) is 0 Å². The van der Waals surface area contributed by atoms with Gasteiger partial charge in [-0.25, -0.2) is 0 Å². The molecule has 7 heteroatoms. The second kappa shape index (κ2) is 9.14. The third-order valence-corrected chi connectivity index (χ3v) is 8.30. The van der Waals surface area contributed by atoms with Crippen molar-refractivity contribution in [3.05, 3.63) is 59.7 Å². The highest BCUT2D eigenvalue weighted by Gasteiger charge is 2.39. The quantitative estimate of drug-likeness (QED) is 0.318.